The Kier molecular flexibility index (Phi) is 4.73. The Balaban J connectivity index is 1.61. The van der Waals surface area contributed by atoms with Crippen molar-refractivity contribution in [3.8, 4) is 11.5 Å². The van der Waals surface area contributed by atoms with E-state index >= 15 is 0 Å². The van der Waals surface area contributed by atoms with E-state index in [4.69, 9.17) is 9.47 Å². The number of hydrogen-bond acceptors (Lipinski definition) is 6. The molecular weight excluding hydrogens is 326 g/mol. The lowest BCUT2D eigenvalue weighted by atomic mass is 10.1. The molecule has 1 aromatic carbocycles. The molecule has 1 aromatic heterocycles. The molecule has 1 amide bonds. The van der Waals surface area contributed by atoms with Crippen molar-refractivity contribution in [3.05, 3.63) is 34.3 Å². The van der Waals surface area contributed by atoms with Crippen LogP contribution in [0.5, 0.6) is 11.5 Å². The van der Waals surface area contributed by atoms with Crippen LogP contribution in [-0.2, 0) is 11.3 Å². The summed E-state index contributed by atoms with van der Waals surface area (Å²) in [6.07, 6.45) is 0. The van der Waals surface area contributed by atoms with Crippen molar-refractivity contribution >= 4 is 22.4 Å². The van der Waals surface area contributed by atoms with Crippen molar-refractivity contribution in [2.24, 2.45) is 0 Å². The van der Waals surface area contributed by atoms with Gasteiger partial charge in [-0.15, -0.1) is 11.3 Å². The van der Waals surface area contributed by atoms with Gasteiger partial charge in [0.25, 0.3) is 0 Å². The Morgan fingerprint density at radius 2 is 2.12 bits per heavy atom. The average molecular weight is 347 g/mol. The van der Waals surface area contributed by atoms with Gasteiger partial charge in [-0.1, -0.05) is 6.07 Å². The fraction of sp³-hybridized carbons (Fsp3) is 0.412. The second kappa shape index (κ2) is 6.78. The van der Waals surface area contributed by atoms with E-state index in [0.717, 1.165) is 27.6 Å². The SMILES string of the molecule is Cc1nc(NC(=O)C(C)N(C)Cc2ccc3c(c2)OCO3)sc1C. The van der Waals surface area contributed by atoms with Crippen LogP contribution >= 0.6 is 11.3 Å². The number of aryl methyl sites for hydroxylation is 2. The first-order chi connectivity index (χ1) is 11.4. The van der Waals surface area contributed by atoms with Crippen molar-refractivity contribution in [1.82, 2.24) is 9.88 Å². The monoisotopic (exact) mass is 347 g/mol. The number of nitrogens with zero attached hydrogens (tertiary/aromatic N) is 2. The normalized spacial score (nSPS) is 14.0. The van der Waals surface area contributed by atoms with E-state index in [1.165, 1.54) is 11.3 Å². The summed E-state index contributed by atoms with van der Waals surface area (Å²) in [4.78, 5) is 19.9. The van der Waals surface area contributed by atoms with Gasteiger partial charge in [-0.05, 0) is 45.5 Å². The molecule has 1 unspecified atom stereocenters. The Bertz CT molecular complexity index is 740. The van der Waals surface area contributed by atoms with E-state index < -0.39 is 0 Å². The van der Waals surface area contributed by atoms with E-state index in [-0.39, 0.29) is 18.7 Å². The molecule has 6 nitrogen and oxygen atoms in total. The minimum atomic E-state index is -0.278. The second-order valence-electron chi connectivity index (χ2n) is 5.93. The molecule has 7 heteroatoms. The first-order valence-corrected chi connectivity index (χ1v) is 8.59. The zero-order valence-electron chi connectivity index (χ0n) is 14.3. The summed E-state index contributed by atoms with van der Waals surface area (Å²) < 4.78 is 10.7. The third-order valence-corrected chi connectivity index (χ3v) is 5.16. The summed E-state index contributed by atoms with van der Waals surface area (Å²) in [5.74, 6) is 1.46. The predicted octanol–water partition coefficient (Wildman–Crippen LogP) is 2.95. The lowest BCUT2D eigenvalue weighted by Crippen LogP contribution is -2.39. The maximum absolute atomic E-state index is 12.4. The van der Waals surface area contributed by atoms with Crippen molar-refractivity contribution in [3.63, 3.8) is 0 Å². The highest BCUT2D eigenvalue weighted by Gasteiger charge is 2.21. The molecule has 2 heterocycles. The number of hydrogen-bond donors (Lipinski definition) is 1. The van der Waals surface area contributed by atoms with Crippen LogP contribution < -0.4 is 14.8 Å². The van der Waals surface area contributed by atoms with E-state index in [9.17, 15) is 4.79 Å². The smallest absolute Gasteiger partial charge is 0.243 e. The second-order valence-corrected chi connectivity index (χ2v) is 7.13. The Hall–Kier alpha value is -2.12. The third-order valence-electron chi connectivity index (χ3n) is 4.17. The van der Waals surface area contributed by atoms with Crippen molar-refractivity contribution in [1.29, 1.82) is 0 Å². The standard InChI is InChI=1S/C17H21N3O3S/c1-10-12(3)24-17(18-10)19-16(21)11(2)20(4)8-13-5-6-14-15(7-13)23-9-22-14/h5-7,11H,8-9H2,1-4H3,(H,18,19,21). The molecule has 1 atom stereocenters. The van der Waals surface area contributed by atoms with Gasteiger partial charge in [-0.3, -0.25) is 9.69 Å². The summed E-state index contributed by atoms with van der Waals surface area (Å²) in [5.41, 5.74) is 2.03. The number of ether oxygens (including phenoxy) is 2. The topological polar surface area (TPSA) is 63.7 Å². The molecule has 1 N–H and O–H groups in total. The van der Waals surface area contributed by atoms with Crippen LogP contribution in [0.1, 0.15) is 23.1 Å². The summed E-state index contributed by atoms with van der Waals surface area (Å²) in [5, 5.41) is 3.55. The molecule has 128 valence electrons. The van der Waals surface area contributed by atoms with Gasteiger partial charge in [0.15, 0.2) is 16.6 Å². The molecule has 0 saturated heterocycles. The number of carbonyl (C=O) groups is 1. The van der Waals surface area contributed by atoms with E-state index in [0.29, 0.717) is 11.7 Å². The number of anilines is 1. The van der Waals surface area contributed by atoms with E-state index in [2.05, 4.69) is 10.3 Å². The minimum absolute atomic E-state index is 0.0630. The van der Waals surface area contributed by atoms with Crippen LogP contribution in [-0.4, -0.2) is 35.7 Å². The van der Waals surface area contributed by atoms with Crippen LogP contribution in [0.25, 0.3) is 0 Å². The Morgan fingerprint density at radius 1 is 1.38 bits per heavy atom. The van der Waals surface area contributed by atoms with Gasteiger partial charge in [0.2, 0.25) is 12.7 Å². The molecular formula is C17H21N3O3S. The molecule has 2 aromatic rings. The molecule has 0 radical (unpaired) electrons. The largest absolute Gasteiger partial charge is 0.454 e. The lowest BCUT2D eigenvalue weighted by Gasteiger charge is -2.23. The number of amides is 1. The van der Waals surface area contributed by atoms with Crippen molar-refractivity contribution in [2.45, 2.75) is 33.4 Å². The average Bonchev–Trinajstić information content (AvgIpc) is 3.12. The van der Waals surface area contributed by atoms with Crippen LogP contribution in [0.2, 0.25) is 0 Å². The highest BCUT2D eigenvalue weighted by molar-refractivity contribution is 7.15. The number of benzene rings is 1. The molecule has 0 aliphatic carbocycles. The summed E-state index contributed by atoms with van der Waals surface area (Å²) in [7, 11) is 1.92. The van der Waals surface area contributed by atoms with Gasteiger partial charge in [0.05, 0.1) is 11.7 Å². The fourth-order valence-electron chi connectivity index (χ4n) is 2.40. The quantitative estimate of drug-likeness (QED) is 0.901. The van der Waals surface area contributed by atoms with Crippen LogP contribution in [0.4, 0.5) is 5.13 Å². The van der Waals surface area contributed by atoms with Gasteiger partial charge in [-0.2, -0.15) is 0 Å². The predicted molar refractivity (Wildman–Crippen MR) is 93.7 cm³/mol. The number of likely N-dealkylation sites (N-methyl/N-ethyl adjacent to an activating group) is 1. The molecule has 3 rings (SSSR count). The van der Waals surface area contributed by atoms with Crippen LogP contribution in [0, 0.1) is 13.8 Å². The molecule has 1 aliphatic heterocycles. The van der Waals surface area contributed by atoms with Crippen LogP contribution in [0.15, 0.2) is 18.2 Å². The van der Waals surface area contributed by atoms with Crippen molar-refractivity contribution < 1.29 is 14.3 Å². The van der Waals surface area contributed by atoms with Crippen LogP contribution in [0.3, 0.4) is 0 Å². The zero-order chi connectivity index (χ0) is 17.3. The number of aromatic nitrogens is 1. The Morgan fingerprint density at radius 3 is 2.83 bits per heavy atom. The van der Waals surface area contributed by atoms with Crippen molar-refractivity contribution in [2.75, 3.05) is 19.2 Å². The first kappa shape index (κ1) is 16.7. The molecule has 24 heavy (non-hydrogen) atoms. The van der Waals surface area contributed by atoms with Gasteiger partial charge in [0, 0.05) is 11.4 Å². The third kappa shape index (κ3) is 3.52. The first-order valence-electron chi connectivity index (χ1n) is 7.77. The Labute approximate surface area is 145 Å². The number of fused-ring (bicyclic) bond motifs is 1. The minimum Gasteiger partial charge on any atom is -0.454 e. The fourth-order valence-corrected chi connectivity index (χ4v) is 3.22. The van der Waals surface area contributed by atoms with Gasteiger partial charge >= 0.3 is 0 Å². The molecule has 0 bridgehead atoms. The van der Waals surface area contributed by atoms with E-state index in [1.807, 2.05) is 50.9 Å². The number of nitrogens with one attached hydrogen (secondary N) is 1. The number of rotatable bonds is 5. The van der Waals surface area contributed by atoms with E-state index in [1.54, 1.807) is 0 Å². The maximum atomic E-state index is 12.4. The number of thiazole rings is 1. The molecule has 0 saturated carbocycles. The highest BCUT2D eigenvalue weighted by atomic mass is 32.1. The van der Waals surface area contributed by atoms with Gasteiger partial charge in [-0.25, -0.2) is 4.98 Å². The van der Waals surface area contributed by atoms with Gasteiger partial charge in [0.1, 0.15) is 0 Å². The summed E-state index contributed by atoms with van der Waals surface area (Å²) in [6.45, 7) is 6.73. The molecule has 1 aliphatic rings. The van der Waals surface area contributed by atoms with Gasteiger partial charge < -0.3 is 14.8 Å². The zero-order valence-corrected chi connectivity index (χ0v) is 15.1. The highest BCUT2D eigenvalue weighted by Crippen LogP contribution is 2.32. The summed E-state index contributed by atoms with van der Waals surface area (Å²) in [6, 6.07) is 5.57. The maximum Gasteiger partial charge on any atom is 0.243 e. The molecule has 0 fully saturated rings. The lowest BCUT2D eigenvalue weighted by molar-refractivity contribution is -0.120. The summed E-state index contributed by atoms with van der Waals surface area (Å²) >= 11 is 1.50. The molecule has 0 spiro atoms. The number of carbonyl (C=O) groups excluding carboxylic acids is 1.